The molecule has 1 amide bonds. The monoisotopic (exact) mass is 342 g/mol. The van der Waals surface area contributed by atoms with Gasteiger partial charge in [0.25, 0.3) is 0 Å². The Labute approximate surface area is 149 Å². The van der Waals surface area contributed by atoms with E-state index in [4.69, 9.17) is 15.2 Å². The molecule has 2 N–H and O–H groups in total. The first kappa shape index (κ1) is 18.8. The Morgan fingerprint density at radius 1 is 1.04 bits per heavy atom. The molecule has 5 nitrogen and oxygen atoms in total. The first-order valence-electron chi connectivity index (χ1n) is 8.30. The Morgan fingerprint density at radius 3 is 2.36 bits per heavy atom. The molecule has 2 rings (SSSR count). The van der Waals surface area contributed by atoms with Gasteiger partial charge in [-0.15, -0.1) is 0 Å². The molecule has 0 aliphatic rings. The van der Waals surface area contributed by atoms with Crippen molar-refractivity contribution in [1.82, 2.24) is 4.90 Å². The summed E-state index contributed by atoms with van der Waals surface area (Å²) in [5.41, 5.74) is 8.22. The highest BCUT2D eigenvalue weighted by Crippen LogP contribution is 2.27. The molecule has 0 aliphatic carbocycles. The highest BCUT2D eigenvalue weighted by atomic mass is 16.5. The van der Waals surface area contributed by atoms with Gasteiger partial charge in [-0.05, 0) is 36.1 Å². The number of carbonyl (C=O) groups excluding carboxylic acids is 1. The van der Waals surface area contributed by atoms with Gasteiger partial charge in [0.2, 0.25) is 5.91 Å². The van der Waals surface area contributed by atoms with E-state index in [1.165, 1.54) is 0 Å². The van der Waals surface area contributed by atoms with Gasteiger partial charge in [0.15, 0.2) is 11.5 Å². The lowest BCUT2D eigenvalue weighted by atomic mass is 10.1. The third kappa shape index (κ3) is 5.22. The zero-order valence-corrected chi connectivity index (χ0v) is 15.1. The van der Waals surface area contributed by atoms with Crippen molar-refractivity contribution in [3.8, 4) is 11.5 Å². The van der Waals surface area contributed by atoms with Crippen LogP contribution in [0.1, 0.15) is 11.1 Å². The van der Waals surface area contributed by atoms with E-state index >= 15 is 0 Å². The van der Waals surface area contributed by atoms with Gasteiger partial charge >= 0.3 is 0 Å². The van der Waals surface area contributed by atoms with Gasteiger partial charge in [0.05, 0.1) is 20.3 Å². The number of rotatable bonds is 8. The minimum atomic E-state index is -0.530. The summed E-state index contributed by atoms with van der Waals surface area (Å²) in [6.07, 6.45) is 1.26. The number of hydrogen-bond donors (Lipinski definition) is 1. The molecule has 0 radical (unpaired) electrons. The molecule has 0 aliphatic heterocycles. The number of amides is 1. The van der Waals surface area contributed by atoms with Gasteiger partial charge in [-0.3, -0.25) is 4.79 Å². The first-order valence-corrected chi connectivity index (χ1v) is 8.30. The van der Waals surface area contributed by atoms with E-state index in [2.05, 4.69) is 0 Å². The summed E-state index contributed by atoms with van der Waals surface area (Å²) in [5.74, 6) is 1.33. The molecule has 2 aromatic rings. The van der Waals surface area contributed by atoms with Crippen molar-refractivity contribution in [1.29, 1.82) is 0 Å². The number of benzene rings is 2. The summed E-state index contributed by atoms with van der Waals surface area (Å²) in [6.45, 7) is 0.594. The minimum absolute atomic E-state index is 0.0515. The second kappa shape index (κ2) is 9.08. The van der Waals surface area contributed by atoms with Crippen LogP contribution in [0.4, 0.5) is 0 Å². The normalized spacial score (nSPS) is 11.7. The number of ether oxygens (including phenoxy) is 2. The van der Waals surface area contributed by atoms with Crippen LogP contribution in [0.15, 0.2) is 48.5 Å². The van der Waals surface area contributed by atoms with E-state index in [1.54, 1.807) is 26.2 Å². The largest absolute Gasteiger partial charge is 0.493 e. The number of methoxy groups -OCH3 is 2. The van der Waals surface area contributed by atoms with Gasteiger partial charge < -0.3 is 20.1 Å². The van der Waals surface area contributed by atoms with Gasteiger partial charge in [-0.25, -0.2) is 0 Å². The number of nitrogens with zero attached hydrogens (tertiary/aromatic N) is 1. The van der Waals surface area contributed by atoms with E-state index in [0.717, 1.165) is 17.5 Å². The van der Waals surface area contributed by atoms with Crippen LogP contribution in [0.25, 0.3) is 0 Å². The summed E-state index contributed by atoms with van der Waals surface area (Å²) in [4.78, 5) is 14.1. The van der Waals surface area contributed by atoms with Gasteiger partial charge in [-0.2, -0.15) is 0 Å². The number of hydrogen-bond acceptors (Lipinski definition) is 4. The van der Waals surface area contributed by atoms with E-state index < -0.39 is 6.04 Å². The standard InChI is InChI=1S/C20H26N2O3/c1-22(20(23)17(21)13-15-7-5-4-6-8-15)12-11-16-9-10-18(24-2)19(14-16)25-3/h4-10,14,17H,11-13,21H2,1-3H3/t17-/m1/s1. The highest BCUT2D eigenvalue weighted by Gasteiger charge is 2.18. The highest BCUT2D eigenvalue weighted by molar-refractivity contribution is 5.81. The number of nitrogens with two attached hydrogens (primary N) is 1. The summed E-state index contributed by atoms with van der Waals surface area (Å²) in [5, 5.41) is 0. The minimum Gasteiger partial charge on any atom is -0.493 e. The molecule has 134 valence electrons. The van der Waals surface area contributed by atoms with Crippen molar-refractivity contribution >= 4 is 5.91 Å². The fourth-order valence-corrected chi connectivity index (χ4v) is 2.68. The summed E-state index contributed by atoms with van der Waals surface area (Å²) in [6, 6.07) is 15.1. The second-order valence-electron chi connectivity index (χ2n) is 6.00. The molecule has 5 heteroatoms. The summed E-state index contributed by atoms with van der Waals surface area (Å²) in [7, 11) is 5.01. The molecule has 0 spiro atoms. The van der Waals surface area contributed by atoms with Crippen LogP contribution in [0.3, 0.4) is 0 Å². The maximum absolute atomic E-state index is 12.4. The quantitative estimate of drug-likeness (QED) is 0.799. The fourth-order valence-electron chi connectivity index (χ4n) is 2.68. The SMILES string of the molecule is COc1ccc(CCN(C)C(=O)[C@H](N)Cc2ccccc2)cc1OC. The molecule has 0 heterocycles. The average Bonchev–Trinajstić information content (AvgIpc) is 2.65. The van der Waals surface area contributed by atoms with E-state index in [9.17, 15) is 4.79 Å². The second-order valence-corrected chi connectivity index (χ2v) is 6.00. The third-order valence-electron chi connectivity index (χ3n) is 4.18. The molecule has 0 fully saturated rings. The average molecular weight is 342 g/mol. The molecule has 0 unspecified atom stereocenters. The Bertz CT molecular complexity index is 689. The molecule has 0 bridgehead atoms. The van der Waals surface area contributed by atoms with Crippen LogP contribution >= 0.6 is 0 Å². The number of likely N-dealkylation sites (N-methyl/N-ethyl adjacent to an activating group) is 1. The van der Waals surface area contributed by atoms with Crippen LogP contribution < -0.4 is 15.2 Å². The number of carbonyl (C=O) groups is 1. The predicted octanol–water partition coefficient (Wildman–Crippen LogP) is 2.27. The van der Waals surface area contributed by atoms with E-state index in [1.807, 2.05) is 48.5 Å². The molecule has 0 saturated carbocycles. The van der Waals surface area contributed by atoms with Crippen LogP contribution in [-0.2, 0) is 17.6 Å². The Morgan fingerprint density at radius 2 is 1.72 bits per heavy atom. The predicted molar refractivity (Wildman–Crippen MR) is 99.0 cm³/mol. The van der Waals surface area contributed by atoms with Crippen LogP contribution in [0, 0.1) is 0 Å². The van der Waals surface area contributed by atoms with Crippen molar-refractivity contribution in [3.63, 3.8) is 0 Å². The lowest BCUT2D eigenvalue weighted by Gasteiger charge is -2.21. The van der Waals surface area contributed by atoms with Gasteiger partial charge in [0, 0.05) is 13.6 Å². The lowest BCUT2D eigenvalue weighted by molar-refractivity contribution is -0.131. The fraction of sp³-hybridized carbons (Fsp3) is 0.350. The Hall–Kier alpha value is -2.53. The Kier molecular flexibility index (Phi) is 6.83. The summed E-state index contributed by atoms with van der Waals surface area (Å²) >= 11 is 0. The molecule has 0 saturated heterocycles. The smallest absolute Gasteiger partial charge is 0.239 e. The molecule has 1 atom stereocenters. The molecular weight excluding hydrogens is 316 g/mol. The molecule has 2 aromatic carbocycles. The third-order valence-corrected chi connectivity index (χ3v) is 4.18. The maximum atomic E-state index is 12.4. The van der Waals surface area contributed by atoms with Crippen molar-refractivity contribution < 1.29 is 14.3 Å². The van der Waals surface area contributed by atoms with Crippen LogP contribution in [0.2, 0.25) is 0 Å². The zero-order chi connectivity index (χ0) is 18.2. The van der Waals surface area contributed by atoms with Crippen molar-refractivity contribution in [2.45, 2.75) is 18.9 Å². The maximum Gasteiger partial charge on any atom is 0.239 e. The first-order chi connectivity index (χ1) is 12.0. The topological polar surface area (TPSA) is 64.8 Å². The van der Waals surface area contributed by atoms with Crippen molar-refractivity contribution in [2.24, 2.45) is 5.73 Å². The van der Waals surface area contributed by atoms with Crippen molar-refractivity contribution in [2.75, 3.05) is 27.8 Å². The molecular formula is C20H26N2O3. The van der Waals surface area contributed by atoms with Gasteiger partial charge in [0.1, 0.15) is 0 Å². The Balaban J connectivity index is 1.90. The van der Waals surface area contributed by atoms with Crippen molar-refractivity contribution in [3.05, 3.63) is 59.7 Å². The van der Waals surface area contributed by atoms with E-state index in [-0.39, 0.29) is 5.91 Å². The molecule has 25 heavy (non-hydrogen) atoms. The molecule has 0 aromatic heterocycles. The zero-order valence-electron chi connectivity index (χ0n) is 15.1. The van der Waals surface area contributed by atoms with Crippen LogP contribution in [-0.4, -0.2) is 44.7 Å². The van der Waals surface area contributed by atoms with Gasteiger partial charge in [-0.1, -0.05) is 36.4 Å². The van der Waals surface area contributed by atoms with E-state index in [0.29, 0.717) is 24.5 Å². The van der Waals surface area contributed by atoms with Crippen LogP contribution in [0.5, 0.6) is 11.5 Å². The lowest BCUT2D eigenvalue weighted by Crippen LogP contribution is -2.43. The summed E-state index contributed by atoms with van der Waals surface area (Å²) < 4.78 is 10.5.